The van der Waals surface area contributed by atoms with Crippen molar-refractivity contribution in [3.05, 3.63) is 23.9 Å². The van der Waals surface area contributed by atoms with E-state index in [4.69, 9.17) is 5.11 Å². The lowest BCUT2D eigenvalue weighted by molar-refractivity contribution is -0.134. The van der Waals surface area contributed by atoms with E-state index in [9.17, 15) is 9.59 Å². The highest BCUT2D eigenvalue weighted by atomic mass is 16.3. The second-order valence-corrected chi connectivity index (χ2v) is 4.49. The summed E-state index contributed by atoms with van der Waals surface area (Å²) in [7, 11) is 0. The van der Waals surface area contributed by atoms with Gasteiger partial charge in [-0.3, -0.25) is 9.59 Å². The van der Waals surface area contributed by atoms with Gasteiger partial charge in [-0.2, -0.15) is 0 Å². The van der Waals surface area contributed by atoms with Crippen LogP contribution in [0.1, 0.15) is 17.3 Å². The third kappa shape index (κ3) is 3.08. The van der Waals surface area contributed by atoms with Crippen molar-refractivity contribution in [2.24, 2.45) is 0 Å². The molecule has 2 heterocycles. The van der Waals surface area contributed by atoms with Gasteiger partial charge in [-0.1, -0.05) is 0 Å². The number of aliphatic hydroxyl groups excluding tert-OH is 1. The van der Waals surface area contributed by atoms with E-state index in [1.54, 1.807) is 17.2 Å². The molecule has 1 aliphatic rings. The molecule has 0 unspecified atom stereocenters. The van der Waals surface area contributed by atoms with Gasteiger partial charge in [0.1, 0.15) is 12.4 Å². The third-order valence-electron chi connectivity index (χ3n) is 3.25. The van der Waals surface area contributed by atoms with E-state index in [-0.39, 0.29) is 11.7 Å². The van der Waals surface area contributed by atoms with Crippen LogP contribution in [0.2, 0.25) is 0 Å². The maximum absolute atomic E-state index is 11.3. The Hall–Kier alpha value is -1.95. The Morgan fingerprint density at radius 2 is 1.95 bits per heavy atom. The predicted molar refractivity (Wildman–Crippen MR) is 70.1 cm³/mol. The first-order chi connectivity index (χ1) is 9.11. The Labute approximate surface area is 111 Å². The SMILES string of the molecule is CC(=O)c1ccc(N2CCN(C(=O)CO)CC2)nc1. The minimum absolute atomic E-state index is 0.00240. The monoisotopic (exact) mass is 263 g/mol. The van der Waals surface area contributed by atoms with E-state index < -0.39 is 6.61 Å². The van der Waals surface area contributed by atoms with Crippen molar-refractivity contribution in [3.8, 4) is 0 Å². The van der Waals surface area contributed by atoms with Gasteiger partial charge in [-0.15, -0.1) is 0 Å². The lowest BCUT2D eigenvalue weighted by Gasteiger charge is -2.35. The summed E-state index contributed by atoms with van der Waals surface area (Å²) in [6.07, 6.45) is 1.57. The molecule has 0 spiro atoms. The zero-order valence-corrected chi connectivity index (χ0v) is 10.9. The van der Waals surface area contributed by atoms with Crippen LogP contribution in [0.15, 0.2) is 18.3 Å². The summed E-state index contributed by atoms with van der Waals surface area (Å²) in [6.45, 7) is 3.59. The quantitative estimate of drug-likeness (QED) is 0.772. The van der Waals surface area contributed by atoms with Crippen LogP contribution in [0.3, 0.4) is 0 Å². The fraction of sp³-hybridized carbons (Fsp3) is 0.462. The number of rotatable bonds is 3. The summed E-state index contributed by atoms with van der Waals surface area (Å²) < 4.78 is 0. The van der Waals surface area contributed by atoms with Gasteiger partial charge in [-0.25, -0.2) is 4.98 Å². The van der Waals surface area contributed by atoms with Crippen LogP contribution in [0.25, 0.3) is 0 Å². The molecule has 0 saturated carbocycles. The Morgan fingerprint density at radius 1 is 1.26 bits per heavy atom. The molecule has 1 aromatic rings. The summed E-state index contributed by atoms with van der Waals surface area (Å²) in [6, 6.07) is 3.58. The molecule has 6 nitrogen and oxygen atoms in total. The van der Waals surface area contributed by atoms with Crippen LogP contribution in [0.4, 0.5) is 5.82 Å². The Bertz CT molecular complexity index is 465. The van der Waals surface area contributed by atoms with Crippen molar-refractivity contribution in [1.29, 1.82) is 0 Å². The molecule has 0 aliphatic carbocycles. The average Bonchev–Trinajstić information content (AvgIpc) is 2.46. The second-order valence-electron chi connectivity index (χ2n) is 4.49. The molecule has 102 valence electrons. The molecule has 1 fully saturated rings. The normalized spacial score (nSPS) is 15.5. The fourth-order valence-electron chi connectivity index (χ4n) is 2.07. The van der Waals surface area contributed by atoms with Crippen LogP contribution in [-0.4, -0.2) is 59.5 Å². The molecule has 0 aromatic carbocycles. The summed E-state index contributed by atoms with van der Waals surface area (Å²) in [5.41, 5.74) is 0.595. The van der Waals surface area contributed by atoms with E-state index in [0.29, 0.717) is 31.7 Å². The number of anilines is 1. The highest BCUT2D eigenvalue weighted by molar-refractivity contribution is 5.93. The smallest absolute Gasteiger partial charge is 0.248 e. The molecule has 0 atom stereocenters. The number of carbonyl (C=O) groups is 2. The molecule has 0 bridgehead atoms. The number of pyridine rings is 1. The van der Waals surface area contributed by atoms with Crippen molar-refractivity contribution >= 4 is 17.5 Å². The van der Waals surface area contributed by atoms with Crippen LogP contribution < -0.4 is 4.90 Å². The number of carbonyl (C=O) groups excluding carboxylic acids is 2. The maximum Gasteiger partial charge on any atom is 0.248 e. The number of piperazine rings is 1. The van der Waals surface area contributed by atoms with Crippen LogP contribution in [0, 0.1) is 0 Å². The summed E-state index contributed by atoms with van der Waals surface area (Å²) >= 11 is 0. The molecule has 1 aromatic heterocycles. The zero-order valence-electron chi connectivity index (χ0n) is 10.9. The Balaban J connectivity index is 1.97. The van der Waals surface area contributed by atoms with Gasteiger partial charge >= 0.3 is 0 Å². The van der Waals surface area contributed by atoms with Crippen molar-refractivity contribution in [2.45, 2.75) is 6.92 Å². The summed E-state index contributed by atoms with van der Waals surface area (Å²) in [4.78, 5) is 30.5. The van der Waals surface area contributed by atoms with Gasteiger partial charge in [-0.05, 0) is 19.1 Å². The van der Waals surface area contributed by atoms with E-state index >= 15 is 0 Å². The molecule has 19 heavy (non-hydrogen) atoms. The molecule has 0 radical (unpaired) electrons. The van der Waals surface area contributed by atoms with Crippen LogP contribution >= 0.6 is 0 Å². The molecular weight excluding hydrogens is 246 g/mol. The number of hydrogen-bond acceptors (Lipinski definition) is 5. The summed E-state index contributed by atoms with van der Waals surface area (Å²) in [5, 5.41) is 8.80. The summed E-state index contributed by atoms with van der Waals surface area (Å²) in [5.74, 6) is 0.568. The average molecular weight is 263 g/mol. The largest absolute Gasteiger partial charge is 0.387 e. The number of hydrogen-bond donors (Lipinski definition) is 1. The minimum atomic E-state index is -0.439. The van der Waals surface area contributed by atoms with Gasteiger partial charge in [0.2, 0.25) is 5.91 Å². The first-order valence-corrected chi connectivity index (χ1v) is 6.22. The van der Waals surface area contributed by atoms with Crippen molar-refractivity contribution in [3.63, 3.8) is 0 Å². The van der Waals surface area contributed by atoms with Gasteiger partial charge in [0.25, 0.3) is 0 Å². The molecule has 6 heteroatoms. The third-order valence-corrected chi connectivity index (χ3v) is 3.25. The standard InChI is InChI=1S/C13H17N3O3/c1-10(18)11-2-3-12(14-8-11)15-4-6-16(7-5-15)13(19)9-17/h2-3,8,17H,4-7,9H2,1H3. The first kappa shape index (κ1) is 13.5. The van der Waals surface area contributed by atoms with Gasteiger partial charge in [0.15, 0.2) is 5.78 Å². The maximum atomic E-state index is 11.3. The van der Waals surface area contributed by atoms with E-state index in [1.807, 2.05) is 6.07 Å². The number of amides is 1. The van der Waals surface area contributed by atoms with E-state index in [1.165, 1.54) is 6.92 Å². The van der Waals surface area contributed by atoms with Crippen molar-refractivity contribution in [2.75, 3.05) is 37.7 Å². The first-order valence-electron chi connectivity index (χ1n) is 6.22. The topological polar surface area (TPSA) is 73.7 Å². The molecule has 1 N–H and O–H groups in total. The highest BCUT2D eigenvalue weighted by Gasteiger charge is 2.21. The predicted octanol–water partition coefficient (Wildman–Crippen LogP) is -0.0749. The number of nitrogens with zero attached hydrogens (tertiary/aromatic N) is 3. The van der Waals surface area contributed by atoms with Crippen molar-refractivity contribution < 1.29 is 14.7 Å². The van der Waals surface area contributed by atoms with Crippen LogP contribution in [0.5, 0.6) is 0 Å². The fourth-order valence-corrected chi connectivity index (χ4v) is 2.07. The molecular formula is C13H17N3O3. The molecule has 1 aliphatic heterocycles. The second kappa shape index (κ2) is 5.79. The van der Waals surface area contributed by atoms with Crippen molar-refractivity contribution in [1.82, 2.24) is 9.88 Å². The number of aromatic nitrogens is 1. The Kier molecular flexibility index (Phi) is 4.11. The lowest BCUT2D eigenvalue weighted by Crippen LogP contribution is -2.49. The van der Waals surface area contributed by atoms with Gasteiger partial charge in [0.05, 0.1) is 0 Å². The van der Waals surface area contributed by atoms with Gasteiger partial charge in [0, 0.05) is 37.9 Å². The number of ketones is 1. The van der Waals surface area contributed by atoms with E-state index in [2.05, 4.69) is 9.88 Å². The zero-order chi connectivity index (χ0) is 13.8. The van der Waals surface area contributed by atoms with Crippen LogP contribution in [-0.2, 0) is 4.79 Å². The van der Waals surface area contributed by atoms with Gasteiger partial charge < -0.3 is 14.9 Å². The van der Waals surface area contributed by atoms with E-state index in [0.717, 1.165) is 5.82 Å². The lowest BCUT2D eigenvalue weighted by atomic mass is 10.2. The Morgan fingerprint density at radius 3 is 2.42 bits per heavy atom. The molecule has 1 amide bonds. The minimum Gasteiger partial charge on any atom is -0.387 e. The highest BCUT2D eigenvalue weighted by Crippen LogP contribution is 2.14. The molecule has 1 saturated heterocycles. The molecule has 2 rings (SSSR count). The number of aliphatic hydroxyl groups is 1. The number of Topliss-reactive ketones (excluding diaryl/α,β-unsaturated/α-hetero) is 1.